The molecule has 5 heteroatoms. The predicted octanol–water partition coefficient (Wildman–Crippen LogP) is 2.05. The molecule has 1 aromatic heterocycles. The van der Waals surface area contributed by atoms with Crippen LogP contribution in [-0.2, 0) is 9.53 Å². The number of halogens is 1. The van der Waals surface area contributed by atoms with E-state index >= 15 is 0 Å². The van der Waals surface area contributed by atoms with Crippen LogP contribution in [0.4, 0.5) is 0 Å². The zero-order valence-electron chi connectivity index (χ0n) is 10.3. The lowest BCUT2D eigenvalue weighted by Crippen LogP contribution is -2.42. The molecule has 98 valence electrons. The van der Waals surface area contributed by atoms with Crippen molar-refractivity contribution < 1.29 is 9.53 Å². The highest BCUT2D eigenvalue weighted by Gasteiger charge is 2.25. The molecule has 0 saturated carbocycles. The molecule has 1 aromatic rings. The number of amides is 1. The summed E-state index contributed by atoms with van der Waals surface area (Å²) >= 11 is 5.75. The highest BCUT2D eigenvalue weighted by Crippen LogP contribution is 2.27. The van der Waals surface area contributed by atoms with E-state index in [0.717, 1.165) is 18.4 Å². The highest BCUT2D eigenvalue weighted by atomic mass is 35.5. The topological polar surface area (TPSA) is 51.2 Å². The van der Waals surface area contributed by atoms with Crippen LogP contribution in [0.25, 0.3) is 0 Å². The molecule has 1 saturated heterocycles. The molecule has 1 aliphatic rings. The van der Waals surface area contributed by atoms with E-state index in [1.54, 1.807) is 19.3 Å². The van der Waals surface area contributed by atoms with E-state index in [0.29, 0.717) is 6.61 Å². The number of nitrogens with one attached hydrogen (secondary N) is 1. The van der Waals surface area contributed by atoms with E-state index in [4.69, 9.17) is 16.3 Å². The summed E-state index contributed by atoms with van der Waals surface area (Å²) in [6.07, 6.45) is 5.14. The third-order valence-electron chi connectivity index (χ3n) is 3.05. The largest absolute Gasteiger partial charge is 0.373 e. The molecular formula is C13H17ClN2O2. The number of pyridine rings is 1. The lowest BCUT2D eigenvalue weighted by atomic mass is 9.98. The number of nitrogens with zero attached hydrogens (tertiary/aromatic N) is 1. The van der Waals surface area contributed by atoms with E-state index in [-0.39, 0.29) is 18.1 Å². The molecule has 0 aliphatic carbocycles. The van der Waals surface area contributed by atoms with Crippen molar-refractivity contribution in [1.82, 2.24) is 10.3 Å². The van der Waals surface area contributed by atoms with Gasteiger partial charge in [-0.2, -0.15) is 0 Å². The smallest absolute Gasteiger partial charge is 0.237 e. The lowest BCUT2D eigenvalue weighted by molar-refractivity contribution is -0.122. The number of alkyl halides is 1. The molecular weight excluding hydrogens is 252 g/mol. The maximum Gasteiger partial charge on any atom is 0.237 e. The molecule has 0 bridgehead atoms. The van der Waals surface area contributed by atoms with Gasteiger partial charge in [-0.25, -0.2) is 0 Å². The highest BCUT2D eigenvalue weighted by molar-refractivity contribution is 6.30. The van der Waals surface area contributed by atoms with E-state index in [1.165, 1.54) is 0 Å². The zero-order chi connectivity index (χ0) is 13.0. The molecule has 4 nitrogen and oxygen atoms in total. The molecule has 0 aromatic carbocycles. The quantitative estimate of drug-likeness (QED) is 0.854. The third-order valence-corrected chi connectivity index (χ3v) is 3.25. The molecule has 0 radical (unpaired) electrons. The van der Waals surface area contributed by atoms with Crippen LogP contribution in [0.3, 0.4) is 0 Å². The van der Waals surface area contributed by atoms with Crippen molar-refractivity contribution in [2.24, 2.45) is 0 Å². The average molecular weight is 269 g/mol. The van der Waals surface area contributed by atoms with E-state index in [9.17, 15) is 4.79 Å². The summed E-state index contributed by atoms with van der Waals surface area (Å²) in [5.41, 5.74) is 1.05. The fourth-order valence-corrected chi connectivity index (χ4v) is 2.11. The second-order valence-electron chi connectivity index (χ2n) is 4.49. The molecule has 3 unspecified atom stereocenters. The fourth-order valence-electron chi connectivity index (χ4n) is 2.04. The van der Waals surface area contributed by atoms with Crippen LogP contribution in [-0.4, -0.2) is 28.9 Å². The van der Waals surface area contributed by atoms with Crippen molar-refractivity contribution in [2.45, 2.75) is 37.3 Å². The fraction of sp³-hybridized carbons (Fsp3) is 0.538. The summed E-state index contributed by atoms with van der Waals surface area (Å²) in [6, 6.07) is 4.01. The normalized spacial score (nSPS) is 25.4. The number of aromatic nitrogens is 1. The van der Waals surface area contributed by atoms with Gasteiger partial charge in [-0.1, -0.05) is 6.07 Å². The first kappa shape index (κ1) is 13.3. The van der Waals surface area contributed by atoms with E-state index < -0.39 is 5.38 Å². The van der Waals surface area contributed by atoms with Crippen molar-refractivity contribution in [3.05, 3.63) is 30.1 Å². The van der Waals surface area contributed by atoms with Crippen molar-refractivity contribution >= 4 is 17.5 Å². The molecule has 0 spiro atoms. The number of carbonyl (C=O) groups excluding carboxylic acids is 1. The number of hydrogen-bond donors (Lipinski definition) is 1. The number of ether oxygens (including phenoxy) is 1. The molecule has 3 atom stereocenters. The molecule has 1 amide bonds. The molecule has 1 fully saturated rings. The molecule has 1 aliphatic heterocycles. The van der Waals surface area contributed by atoms with Gasteiger partial charge in [-0.3, -0.25) is 9.78 Å². The Morgan fingerprint density at radius 1 is 1.67 bits per heavy atom. The van der Waals surface area contributed by atoms with Crippen molar-refractivity contribution in [2.75, 3.05) is 6.61 Å². The van der Waals surface area contributed by atoms with Gasteiger partial charge in [-0.05, 0) is 31.4 Å². The number of rotatable bonds is 3. The first-order valence-electron chi connectivity index (χ1n) is 6.13. The number of hydrogen-bond acceptors (Lipinski definition) is 3. The van der Waals surface area contributed by atoms with Crippen LogP contribution in [0.1, 0.15) is 31.4 Å². The first-order chi connectivity index (χ1) is 8.66. The summed E-state index contributed by atoms with van der Waals surface area (Å²) in [6.45, 7) is 2.32. The maximum atomic E-state index is 11.6. The summed E-state index contributed by atoms with van der Waals surface area (Å²) in [5.74, 6) is -0.117. The van der Waals surface area contributed by atoms with Gasteiger partial charge in [0.15, 0.2) is 0 Å². The van der Waals surface area contributed by atoms with E-state index in [1.807, 2.05) is 12.1 Å². The molecule has 18 heavy (non-hydrogen) atoms. The van der Waals surface area contributed by atoms with Crippen LogP contribution in [0.2, 0.25) is 0 Å². The minimum absolute atomic E-state index is 0.00313. The summed E-state index contributed by atoms with van der Waals surface area (Å²) in [4.78, 5) is 15.6. The zero-order valence-corrected chi connectivity index (χ0v) is 11.1. The van der Waals surface area contributed by atoms with Crippen molar-refractivity contribution in [3.8, 4) is 0 Å². The molecule has 2 heterocycles. The third kappa shape index (κ3) is 3.43. The average Bonchev–Trinajstić information content (AvgIpc) is 2.40. The van der Waals surface area contributed by atoms with Crippen LogP contribution < -0.4 is 5.32 Å². The monoisotopic (exact) mass is 268 g/mol. The Hall–Kier alpha value is -1.13. The van der Waals surface area contributed by atoms with Crippen molar-refractivity contribution in [3.63, 3.8) is 0 Å². The Balaban J connectivity index is 1.95. The molecule has 1 N–H and O–H groups in total. The Bertz CT molecular complexity index is 397. The number of carbonyl (C=O) groups is 1. The summed E-state index contributed by atoms with van der Waals surface area (Å²) in [5, 5.41) is 2.45. The van der Waals surface area contributed by atoms with Crippen LogP contribution >= 0.6 is 11.6 Å². The van der Waals surface area contributed by atoms with Crippen LogP contribution in [0, 0.1) is 0 Å². The second kappa shape index (κ2) is 6.16. The van der Waals surface area contributed by atoms with Gasteiger partial charge < -0.3 is 10.1 Å². The van der Waals surface area contributed by atoms with Gasteiger partial charge in [0.1, 0.15) is 5.38 Å². The van der Waals surface area contributed by atoms with Gasteiger partial charge in [0, 0.05) is 25.0 Å². The SMILES string of the molecule is CC(Cl)C(=O)NC1CCOC(c2cccnc2)C1. The Kier molecular flexibility index (Phi) is 4.55. The van der Waals surface area contributed by atoms with Gasteiger partial charge in [0.2, 0.25) is 5.91 Å². The minimum atomic E-state index is -0.496. The van der Waals surface area contributed by atoms with Crippen LogP contribution in [0.5, 0.6) is 0 Å². The predicted molar refractivity (Wildman–Crippen MR) is 69.4 cm³/mol. The Morgan fingerprint density at radius 2 is 2.50 bits per heavy atom. The minimum Gasteiger partial charge on any atom is -0.373 e. The Labute approximate surface area is 112 Å². The summed E-state index contributed by atoms with van der Waals surface area (Å²) < 4.78 is 5.71. The standard InChI is InChI=1S/C13H17ClN2O2/c1-9(14)13(17)16-11-4-6-18-12(7-11)10-3-2-5-15-8-10/h2-3,5,8-9,11-12H,4,6-7H2,1H3,(H,16,17). The maximum absolute atomic E-state index is 11.6. The van der Waals surface area contributed by atoms with Gasteiger partial charge >= 0.3 is 0 Å². The van der Waals surface area contributed by atoms with Crippen molar-refractivity contribution in [1.29, 1.82) is 0 Å². The van der Waals surface area contributed by atoms with Crippen LogP contribution in [0.15, 0.2) is 24.5 Å². The first-order valence-corrected chi connectivity index (χ1v) is 6.56. The Morgan fingerprint density at radius 3 is 3.17 bits per heavy atom. The van der Waals surface area contributed by atoms with Gasteiger partial charge in [-0.15, -0.1) is 11.6 Å². The molecule has 2 rings (SSSR count). The van der Waals surface area contributed by atoms with Gasteiger partial charge in [0.25, 0.3) is 0 Å². The van der Waals surface area contributed by atoms with E-state index in [2.05, 4.69) is 10.3 Å². The lowest BCUT2D eigenvalue weighted by Gasteiger charge is -2.30. The second-order valence-corrected chi connectivity index (χ2v) is 5.15. The summed E-state index contributed by atoms with van der Waals surface area (Å²) in [7, 11) is 0. The van der Waals surface area contributed by atoms with Gasteiger partial charge in [0.05, 0.1) is 6.10 Å².